The number of methoxy groups -OCH3 is 2. The van der Waals surface area contributed by atoms with Crippen LogP contribution in [-0.2, 0) is 30.2 Å². The average Bonchev–Trinajstić information content (AvgIpc) is 2.52. The Labute approximate surface area is 138 Å². The number of hydrogen-bond acceptors (Lipinski definition) is 5. The largest absolute Gasteiger partial charge is 0.467 e. The number of esters is 1. The Kier molecular flexibility index (Phi) is 8.72. The number of nitrogens with one attached hydrogen (secondary N) is 1. The van der Waals surface area contributed by atoms with Gasteiger partial charge in [-0.25, -0.2) is 4.79 Å². The minimum atomic E-state index is -0.762. The summed E-state index contributed by atoms with van der Waals surface area (Å²) in [6.45, 7) is 0.592. The van der Waals surface area contributed by atoms with E-state index in [1.807, 2.05) is 24.3 Å². The summed E-state index contributed by atoms with van der Waals surface area (Å²) in [5, 5.41) is 2.62. The van der Waals surface area contributed by atoms with E-state index in [-0.39, 0.29) is 12.5 Å². The van der Waals surface area contributed by atoms with Gasteiger partial charge < -0.3 is 19.5 Å². The molecule has 0 aromatic heterocycles. The van der Waals surface area contributed by atoms with E-state index >= 15 is 0 Å². The molecule has 22 heavy (non-hydrogen) atoms. The van der Waals surface area contributed by atoms with E-state index in [9.17, 15) is 9.59 Å². The highest BCUT2D eigenvalue weighted by Crippen LogP contribution is 2.17. The number of carbonyl (C=O) groups is 2. The molecular formula is C15H20BrNO5. The molecular weight excluding hydrogens is 354 g/mol. The van der Waals surface area contributed by atoms with Crippen LogP contribution in [0.1, 0.15) is 5.56 Å². The Bertz CT molecular complexity index is 495. The molecule has 1 amide bonds. The summed E-state index contributed by atoms with van der Waals surface area (Å²) < 4.78 is 15.6. The molecule has 0 saturated heterocycles. The smallest absolute Gasteiger partial charge is 0.328 e. The predicted octanol–water partition coefficient (Wildman–Crippen LogP) is 1.31. The van der Waals surface area contributed by atoms with Gasteiger partial charge in [0.15, 0.2) is 0 Å². The van der Waals surface area contributed by atoms with Gasteiger partial charge in [0.2, 0.25) is 5.91 Å². The zero-order chi connectivity index (χ0) is 16.4. The molecule has 0 saturated carbocycles. The van der Waals surface area contributed by atoms with Crippen LogP contribution in [0.25, 0.3) is 0 Å². The van der Waals surface area contributed by atoms with E-state index in [2.05, 4.69) is 21.2 Å². The first-order valence-corrected chi connectivity index (χ1v) is 7.55. The normalized spacial score (nSPS) is 11.8. The van der Waals surface area contributed by atoms with Gasteiger partial charge in [0.25, 0.3) is 0 Å². The van der Waals surface area contributed by atoms with Gasteiger partial charge in [0.05, 0.1) is 20.3 Å². The molecule has 0 unspecified atom stereocenters. The van der Waals surface area contributed by atoms with Crippen molar-refractivity contribution >= 4 is 27.8 Å². The number of amides is 1. The Morgan fingerprint density at radius 2 is 1.95 bits per heavy atom. The third kappa shape index (κ3) is 6.55. The number of halogens is 1. The molecule has 1 rings (SSSR count). The van der Waals surface area contributed by atoms with E-state index in [4.69, 9.17) is 14.2 Å². The first-order valence-electron chi connectivity index (χ1n) is 6.75. The van der Waals surface area contributed by atoms with Crippen LogP contribution in [0.4, 0.5) is 0 Å². The molecule has 1 N–H and O–H groups in total. The lowest BCUT2D eigenvalue weighted by Crippen LogP contribution is -2.44. The maximum absolute atomic E-state index is 11.8. The quantitative estimate of drug-likeness (QED) is 0.521. The van der Waals surface area contributed by atoms with Crippen LogP contribution < -0.4 is 5.32 Å². The number of rotatable bonds is 9. The minimum absolute atomic E-state index is 0.132. The maximum atomic E-state index is 11.8. The number of hydrogen-bond donors (Lipinski definition) is 1. The van der Waals surface area contributed by atoms with Crippen LogP contribution in [0.2, 0.25) is 0 Å². The van der Waals surface area contributed by atoms with Gasteiger partial charge in [0, 0.05) is 18.0 Å². The van der Waals surface area contributed by atoms with Crippen LogP contribution in [0.3, 0.4) is 0 Å². The summed E-state index contributed by atoms with van der Waals surface area (Å²) >= 11 is 3.42. The fraction of sp³-hybridized carbons (Fsp3) is 0.467. The maximum Gasteiger partial charge on any atom is 0.328 e. The van der Waals surface area contributed by atoms with Crippen LogP contribution in [0, 0.1) is 0 Å². The Balaban J connectivity index is 2.60. The second kappa shape index (κ2) is 10.3. The number of carbonyl (C=O) groups excluding carboxylic acids is 2. The first-order chi connectivity index (χ1) is 10.6. The highest BCUT2D eigenvalue weighted by molar-refractivity contribution is 9.10. The monoisotopic (exact) mass is 373 g/mol. The number of ether oxygens (including phenoxy) is 3. The lowest BCUT2D eigenvalue weighted by atomic mass is 10.1. The van der Waals surface area contributed by atoms with E-state index in [0.29, 0.717) is 19.6 Å². The van der Waals surface area contributed by atoms with Crippen LogP contribution in [0.5, 0.6) is 0 Å². The van der Waals surface area contributed by atoms with Crippen LogP contribution >= 0.6 is 15.9 Å². The molecule has 122 valence electrons. The Morgan fingerprint density at radius 1 is 1.23 bits per heavy atom. The van der Waals surface area contributed by atoms with Crippen molar-refractivity contribution in [3.05, 3.63) is 34.3 Å². The van der Waals surface area contributed by atoms with Gasteiger partial charge in [0.1, 0.15) is 12.6 Å². The van der Waals surface area contributed by atoms with Crippen molar-refractivity contribution in [2.75, 3.05) is 34.0 Å². The molecule has 0 spiro atoms. The van der Waals surface area contributed by atoms with E-state index in [1.165, 1.54) is 7.11 Å². The highest BCUT2D eigenvalue weighted by atomic mass is 79.9. The second-order valence-corrected chi connectivity index (χ2v) is 5.34. The molecule has 1 aromatic carbocycles. The average molecular weight is 374 g/mol. The van der Waals surface area contributed by atoms with Crippen molar-refractivity contribution < 1.29 is 23.8 Å². The van der Waals surface area contributed by atoms with E-state index < -0.39 is 12.0 Å². The van der Waals surface area contributed by atoms with Crippen LogP contribution in [0.15, 0.2) is 28.7 Å². The lowest BCUT2D eigenvalue weighted by Gasteiger charge is -2.17. The number of benzene rings is 1. The summed E-state index contributed by atoms with van der Waals surface area (Å²) in [6, 6.07) is 6.73. The SMILES string of the molecule is COCCOCC(=O)N[C@@H](Cc1ccccc1Br)C(=O)OC. The molecule has 0 fully saturated rings. The van der Waals surface area contributed by atoms with E-state index in [0.717, 1.165) is 10.0 Å². The molecule has 0 aliphatic rings. The minimum Gasteiger partial charge on any atom is -0.467 e. The van der Waals surface area contributed by atoms with Gasteiger partial charge in [-0.05, 0) is 11.6 Å². The van der Waals surface area contributed by atoms with Gasteiger partial charge in [-0.1, -0.05) is 34.1 Å². The van der Waals surface area contributed by atoms with Gasteiger partial charge in [-0.3, -0.25) is 4.79 Å². The second-order valence-electron chi connectivity index (χ2n) is 4.48. The third-order valence-corrected chi connectivity index (χ3v) is 3.64. The van der Waals surface area contributed by atoms with Crippen LogP contribution in [-0.4, -0.2) is 52.0 Å². The van der Waals surface area contributed by atoms with Crippen molar-refractivity contribution in [1.29, 1.82) is 0 Å². The standard InChI is InChI=1S/C15H20BrNO5/c1-20-7-8-22-10-14(18)17-13(15(19)21-2)9-11-5-3-4-6-12(11)16/h3-6,13H,7-10H2,1-2H3,(H,17,18)/t13-/m0/s1. The molecule has 7 heteroatoms. The first kappa shape index (κ1) is 18.6. The third-order valence-electron chi connectivity index (χ3n) is 2.87. The van der Waals surface area contributed by atoms with Crippen molar-refractivity contribution in [3.63, 3.8) is 0 Å². The molecule has 0 aliphatic carbocycles. The van der Waals surface area contributed by atoms with Crippen molar-refractivity contribution in [1.82, 2.24) is 5.32 Å². The summed E-state index contributed by atoms with van der Waals surface area (Å²) in [5.41, 5.74) is 0.901. The lowest BCUT2D eigenvalue weighted by molar-refractivity contribution is -0.145. The Morgan fingerprint density at radius 3 is 2.59 bits per heavy atom. The summed E-state index contributed by atoms with van der Waals surface area (Å²) in [6.07, 6.45) is 0.331. The van der Waals surface area contributed by atoms with Gasteiger partial charge in [-0.15, -0.1) is 0 Å². The molecule has 0 bridgehead atoms. The van der Waals surface area contributed by atoms with Crippen molar-refractivity contribution in [3.8, 4) is 0 Å². The Hall–Kier alpha value is -1.44. The summed E-state index contributed by atoms with van der Waals surface area (Å²) in [7, 11) is 2.84. The van der Waals surface area contributed by atoms with Gasteiger partial charge >= 0.3 is 5.97 Å². The summed E-state index contributed by atoms with van der Waals surface area (Å²) in [4.78, 5) is 23.6. The van der Waals surface area contributed by atoms with Crippen molar-refractivity contribution in [2.45, 2.75) is 12.5 Å². The topological polar surface area (TPSA) is 73.9 Å². The predicted molar refractivity (Wildman–Crippen MR) is 84.5 cm³/mol. The molecule has 6 nitrogen and oxygen atoms in total. The molecule has 1 atom stereocenters. The fourth-order valence-corrected chi connectivity index (χ4v) is 2.21. The summed E-state index contributed by atoms with van der Waals surface area (Å²) in [5.74, 6) is -0.875. The molecule has 0 radical (unpaired) electrons. The molecule has 0 heterocycles. The zero-order valence-electron chi connectivity index (χ0n) is 12.6. The van der Waals surface area contributed by atoms with Crippen molar-refractivity contribution in [2.24, 2.45) is 0 Å². The van der Waals surface area contributed by atoms with Gasteiger partial charge in [-0.2, -0.15) is 0 Å². The van der Waals surface area contributed by atoms with E-state index in [1.54, 1.807) is 7.11 Å². The molecule has 1 aromatic rings. The molecule has 0 aliphatic heterocycles. The zero-order valence-corrected chi connectivity index (χ0v) is 14.2. The highest BCUT2D eigenvalue weighted by Gasteiger charge is 2.22. The fourth-order valence-electron chi connectivity index (χ4n) is 1.76.